The van der Waals surface area contributed by atoms with Crippen molar-refractivity contribution < 1.29 is 14.3 Å². The van der Waals surface area contributed by atoms with Crippen LogP contribution >= 0.6 is 0 Å². The average molecular weight is 366 g/mol. The van der Waals surface area contributed by atoms with Gasteiger partial charge < -0.3 is 14.0 Å². The van der Waals surface area contributed by atoms with Crippen molar-refractivity contribution in [1.82, 2.24) is 4.57 Å². The molecule has 27 heavy (non-hydrogen) atoms. The van der Waals surface area contributed by atoms with Crippen molar-refractivity contribution in [1.29, 1.82) is 5.26 Å². The van der Waals surface area contributed by atoms with Gasteiger partial charge in [-0.15, -0.1) is 0 Å². The molecule has 0 saturated heterocycles. The van der Waals surface area contributed by atoms with E-state index in [2.05, 4.69) is 19.6 Å². The van der Waals surface area contributed by atoms with Gasteiger partial charge in [-0.1, -0.05) is 19.9 Å². The van der Waals surface area contributed by atoms with Crippen LogP contribution in [0.4, 0.5) is 0 Å². The molecule has 1 aromatic heterocycles. The fourth-order valence-electron chi connectivity index (χ4n) is 2.98. The molecule has 1 heterocycles. The summed E-state index contributed by atoms with van der Waals surface area (Å²) >= 11 is 0. The first-order valence-electron chi connectivity index (χ1n) is 9.15. The topological polar surface area (TPSA) is 64.2 Å². The van der Waals surface area contributed by atoms with Crippen LogP contribution in [0.1, 0.15) is 53.7 Å². The number of aromatic nitrogens is 1. The Labute approximate surface area is 160 Å². The third-order valence-electron chi connectivity index (χ3n) is 4.34. The van der Waals surface area contributed by atoms with Gasteiger partial charge in [0.1, 0.15) is 6.07 Å². The molecule has 0 unspecified atom stereocenters. The third-order valence-corrected chi connectivity index (χ3v) is 4.34. The lowest BCUT2D eigenvalue weighted by Crippen LogP contribution is -2.10. The zero-order valence-corrected chi connectivity index (χ0v) is 16.2. The number of carbonyl (C=O) groups is 1. The minimum Gasteiger partial charge on any atom is -0.462 e. The highest BCUT2D eigenvalue weighted by Gasteiger charge is 2.15. The van der Waals surface area contributed by atoms with Crippen LogP contribution in [0.5, 0.6) is 0 Å². The Morgan fingerprint density at radius 1 is 1.26 bits per heavy atom. The van der Waals surface area contributed by atoms with Gasteiger partial charge in [-0.2, -0.15) is 5.26 Å². The maximum Gasteiger partial charge on any atom is 0.338 e. The zero-order chi connectivity index (χ0) is 19.8. The van der Waals surface area contributed by atoms with Gasteiger partial charge in [0.25, 0.3) is 0 Å². The molecule has 0 atom stereocenters. The smallest absolute Gasteiger partial charge is 0.338 e. The number of esters is 1. The Hall–Kier alpha value is -2.84. The summed E-state index contributed by atoms with van der Waals surface area (Å²) in [6.07, 6.45) is 6.15. The summed E-state index contributed by atoms with van der Waals surface area (Å²) in [5.41, 5.74) is 4.69. The number of nitriles is 1. The van der Waals surface area contributed by atoms with E-state index in [0.29, 0.717) is 30.8 Å². The molecule has 0 fully saturated rings. The van der Waals surface area contributed by atoms with E-state index >= 15 is 0 Å². The molecule has 2 rings (SSSR count). The van der Waals surface area contributed by atoms with Crippen LogP contribution < -0.4 is 0 Å². The molecule has 0 radical (unpaired) electrons. The van der Waals surface area contributed by atoms with E-state index in [1.54, 1.807) is 26.3 Å². The van der Waals surface area contributed by atoms with Crippen molar-refractivity contribution in [3.8, 4) is 11.8 Å². The van der Waals surface area contributed by atoms with E-state index in [1.165, 1.54) is 0 Å². The van der Waals surface area contributed by atoms with Gasteiger partial charge in [0, 0.05) is 30.8 Å². The molecule has 5 heteroatoms. The lowest BCUT2D eigenvalue weighted by molar-refractivity contribution is 0.0524. The number of ether oxygens (including phenoxy) is 2. The molecule has 2 aromatic rings. The SMILES string of the molecule is C=C(CCC)c1cn(-c2ccc(C(=O)OCC)c(CCOC)c2)cc1C#N. The Morgan fingerprint density at radius 3 is 2.67 bits per heavy atom. The molecule has 0 saturated carbocycles. The summed E-state index contributed by atoms with van der Waals surface area (Å²) in [7, 11) is 1.63. The maximum absolute atomic E-state index is 12.2. The van der Waals surface area contributed by atoms with Crippen LogP contribution in [0.2, 0.25) is 0 Å². The van der Waals surface area contributed by atoms with Gasteiger partial charge in [-0.25, -0.2) is 4.79 Å². The van der Waals surface area contributed by atoms with Crippen molar-refractivity contribution in [2.75, 3.05) is 20.3 Å². The Morgan fingerprint density at radius 2 is 2.04 bits per heavy atom. The van der Waals surface area contributed by atoms with Crippen LogP contribution in [0.25, 0.3) is 11.3 Å². The van der Waals surface area contributed by atoms with E-state index in [-0.39, 0.29) is 5.97 Å². The van der Waals surface area contributed by atoms with E-state index in [9.17, 15) is 10.1 Å². The molecule has 5 nitrogen and oxygen atoms in total. The first-order valence-corrected chi connectivity index (χ1v) is 9.15. The van der Waals surface area contributed by atoms with Gasteiger partial charge in [0.15, 0.2) is 0 Å². The van der Waals surface area contributed by atoms with Crippen LogP contribution in [-0.2, 0) is 15.9 Å². The zero-order valence-electron chi connectivity index (χ0n) is 16.2. The first kappa shape index (κ1) is 20.5. The molecular formula is C22H26N2O3. The summed E-state index contributed by atoms with van der Waals surface area (Å²) < 4.78 is 12.2. The highest BCUT2D eigenvalue weighted by Crippen LogP contribution is 2.26. The number of methoxy groups -OCH3 is 1. The van der Waals surface area contributed by atoms with Crippen molar-refractivity contribution >= 4 is 11.5 Å². The number of nitrogens with zero attached hydrogens (tertiary/aromatic N) is 2. The summed E-state index contributed by atoms with van der Waals surface area (Å²) in [5, 5.41) is 9.46. The largest absolute Gasteiger partial charge is 0.462 e. The number of hydrogen-bond donors (Lipinski definition) is 0. The summed E-state index contributed by atoms with van der Waals surface area (Å²) in [4.78, 5) is 12.2. The number of hydrogen-bond acceptors (Lipinski definition) is 4. The average Bonchev–Trinajstić information content (AvgIpc) is 3.11. The monoisotopic (exact) mass is 366 g/mol. The Kier molecular flexibility index (Phi) is 7.39. The molecule has 142 valence electrons. The Bertz CT molecular complexity index is 859. The van der Waals surface area contributed by atoms with E-state index < -0.39 is 0 Å². The van der Waals surface area contributed by atoms with Crippen molar-refractivity contribution in [2.24, 2.45) is 0 Å². The Balaban J connectivity index is 2.45. The number of rotatable bonds is 9. The minimum atomic E-state index is -0.336. The minimum absolute atomic E-state index is 0.330. The van der Waals surface area contributed by atoms with Gasteiger partial charge in [-0.3, -0.25) is 0 Å². The van der Waals surface area contributed by atoms with E-state index in [1.807, 2.05) is 22.9 Å². The van der Waals surface area contributed by atoms with Crippen LogP contribution in [0, 0.1) is 11.3 Å². The number of carbonyl (C=O) groups excluding carboxylic acids is 1. The second-order valence-electron chi connectivity index (χ2n) is 6.26. The lowest BCUT2D eigenvalue weighted by Gasteiger charge is -2.12. The first-order chi connectivity index (χ1) is 13.0. The van der Waals surface area contributed by atoms with Gasteiger partial charge in [0.2, 0.25) is 0 Å². The fraction of sp³-hybridized carbons (Fsp3) is 0.364. The molecular weight excluding hydrogens is 340 g/mol. The van der Waals surface area contributed by atoms with E-state index in [4.69, 9.17) is 9.47 Å². The van der Waals surface area contributed by atoms with Crippen LogP contribution in [0.3, 0.4) is 0 Å². The molecule has 0 amide bonds. The fourth-order valence-corrected chi connectivity index (χ4v) is 2.98. The summed E-state index contributed by atoms with van der Waals surface area (Å²) in [6.45, 7) is 8.81. The van der Waals surface area contributed by atoms with Crippen LogP contribution in [-0.4, -0.2) is 30.9 Å². The van der Waals surface area contributed by atoms with E-state index in [0.717, 1.165) is 35.2 Å². The summed E-state index contributed by atoms with van der Waals surface area (Å²) in [6, 6.07) is 7.81. The van der Waals surface area contributed by atoms with Gasteiger partial charge in [-0.05, 0) is 49.1 Å². The third kappa shape index (κ3) is 4.87. The lowest BCUT2D eigenvalue weighted by atomic mass is 10.0. The molecule has 0 aliphatic rings. The normalized spacial score (nSPS) is 10.4. The molecule has 1 aromatic carbocycles. The quantitative estimate of drug-likeness (QED) is 0.612. The standard InChI is InChI=1S/C22H26N2O3/c1-5-7-16(3)21-15-24(14-18(21)13-23)19-8-9-20(22(25)27-6-2)17(12-19)10-11-26-4/h8-9,12,14-15H,3,5-7,10-11H2,1-2,4H3. The number of allylic oxidation sites excluding steroid dienone is 1. The van der Waals surface area contributed by atoms with Crippen molar-refractivity contribution in [3.05, 3.63) is 59.4 Å². The molecule has 0 aliphatic carbocycles. The highest BCUT2D eigenvalue weighted by molar-refractivity contribution is 5.91. The number of benzene rings is 1. The molecule has 0 N–H and O–H groups in total. The van der Waals surface area contributed by atoms with Crippen LogP contribution in [0.15, 0.2) is 37.2 Å². The molecule has 0 spiro atoms. The highest BCUT2D eigenvalue weighted by atomic mass is 16.5. The predicted molar refractivity (Wildman–Crippen MR) is 106 cm³/mol. The van der Waals surface area contributed by atoms with Gasteiger partial charge >= 0.3 is 5.97 Å². The van der Waals surface area contributed by atoms with Crippen molar-refractivity contribution in [2.45, 2.75) is 33.1 Å². The van der Waals surface area contributed by atoms with Crippen molar-refractivity contribution in [3.63, 3.8) is 0 Å². The maximum atomic E-state index is 12.2. The second-order valence-corrected chi connectivity index (χ2v) is 6.26. The molecule has 0 bridgehead atoms. The predicted octanol–water partition coefficient (Wildman–Crippen LogP) is 4.53. The van der Waals surface area contributed by atoms with Gasteiger partial charge in [0.05, 0.1) is 24.3 Å². The second kappa shape index (κ2) is 9.75. The molecule has 0 aliphatic heterocycles. The summed E-state index contributed by atoms with van der Waals surface area (Å²) in [5.74, 6) is -0.336.